The minimum Gasteiger partial charge on any atom is -0.481 e. The number of amides is 1. The lowest BCUT2D eigenvalue weighted by Crippen LogP contribution is -2.29. The number of H-pyrrole nitrogens is 2. The number of carboxylic acid groups (broad SMARTS) is 1. The van der Waals surface area contributed by atoms with E-state index in [1.54, 1.807) is 14.0 Å². The molecule has 0 fully saturated rings. The van der Waals surface area contributed by atoms with Gasteiger partial charge in [0.15, 0.2) is 0 Å². The van der Waals surface area contributed by atoms with E-state index in [1.165, 1.54) is 7.11 Å². The van der Waals surface area contributed by atoms with Crippen molar-refractivity contribution in [2.75, 3.05) is 40.6 Å². The number of esters is 1. The summed E-state index contributed by atoms with van der Waals surface area (Å²) in [7, 11) is 2.88. The van der Waals surface area contributed by atoms with Gasteiger partial charge in [-0.2, -0.15) is 0 Å². The number of aliphatic hydroxyl groups is 1. The maximum Gasteiger partial charge on any atom is 0.310 e. The molecule has 3 aromatic rings. The zero-order chi connectivity index (χ0) is 38.6. The zero-order valence-corrected chi connectivity index (χ0v) is 31.9. The van der Waals surface area contributed by atoms with Gasteiger partial charge in [0.25, 0.3) is 5.91 Å². The second-order valence-electron chi connectivity index (χ2n) is 13.7. The maximum atomic E-state index is 14.1. The summed E-state index contributed by atoms with van der Waals surface area (Å²) in [4.78, 5) is 56.5. The van der Waals surface area contributed by atoms with Crippen LogP contribution >= 0.6 is 0 Å². The van der Waals surface area contributed by atoms with E-state index >= 15 is 0 Å². The van der Waals surface area contributed by atoms with Gasteiger partial charge in [0.1, 0.15) is 0 Å². The first-order valence-electron chi connectivity index (χ1n) is 18.1. The lowest BCUT2D eigenvalue weighted by molar-refractivity contribution is -0.140. The summed E-state index contributed by atoms with van der Waals surface area (Å²) in [6.45, 7) is 12.9. The van der Waals surface area contributed by atoms with E-state index in [9.17, 15) is 24.6 Å². The van der Waals surface area contributed by atoms with E-state index < -0.39 is 29.9 Å². The van der Waals surface area contributed by atoms with Crippen LogP contribution in [0.3, 0.4) is 0 Å². The van der Waals surface area contributed by atoms with Crippen LogP contribution < -0.4 is 5.32 Å². The van der Waals surface area contributed by atoms with E-state index in [0.29, 0.717) is 52.7 Å². The number of aromatic amines is 2. The smallest absolute Gasteiger partial charge is 0.310 e. The van der Waals surface area contributed by atoms with Crippen molar-refractivity contribution in [2.24, 2.45) is 0 Å². The predicted molar refractivity (Wildman–Crippen MR) is 202 cm³/mol. The van der Waals surface area contributed by atoms with Crippen molar-refractivity contribution < 1.29 is 38.8 Å². The number of aliphatic carboxylic acids is 1. The molecule has 2 aliphatic heterocycles. The number of hydrogen-bond donors (Lipinski definition) is 5. The van der Waals surface area contributed by atoms with Crippen LogP contribution in [0.25, 0.3) is 33.2 Å². The van der Waals surface area contributed by atoms with Crippen LogP contribution in [0.4, 0.5) is 0 Å². The number of rotatable bonds is 14. The average Bonchev–Trinajstić information content (AvgIpc) is 3.80. The molecule has 5 rings (SSSR count). The Kier molecular flexibility index (Phi) is 12.5. The topological polar surface area (TPSA) is 189 Å². The fraction of sp³-hybridized carbons (Fsp3) is 0.475. The van der Waals surface area contributed by atoms with Gasteiger partial charge in [0.05, 0.1) is 62.1 Å². The van der Waals surface area contributed by atoms with Gasteiger partial charge in [0, 0.05) is 70.8 Å². The van der Waals surface area contributed by atoms with E-state index in [1.807, 2.05) is 45.9 Å². The van der Waals surface area contributed by atoms with E-state index in [4.69, 9.17) is 24.2 Å². The van der Waals surface area contributed by atoms with Crippen LogP contribution in [0.1, 0.15) is 109 Å². The number of aliphatic hydroxyl groups excluding tert-OH is 1. The Balaban J connectivity index is 1.91. The lowest BCUT2D eigenvalue weighted by Gasteiger charge is -2.18. The number of carboxylic acids is 1. The van der Waals surface area contributed by atoms with Crippen LogP contribution in [0.5, 0.6) is 0 Å². The highest BCUT2D eigenvalue weighted by Gasteiger charge is 2.35. The summed E-state index contributed by atoms with van der Waals surface area (Å²) >= 11 is 0. The zero-order valence-electron chi connectivity index (χ0n) is 31.9. The average molecular weight is 730 g/mol. The monoisotopic (exact) mass is 729 g/mol. The molecule has 3 atom stereocenters. The summed E-state index contributed by atoms with van der Waals surface area (Å²) in [6.07, 6.45) is -0.181. The summed E-state index contributed by atoms with van der Waals surface area (Å²) in [5.74, 6) is -2.58. The first-order chi connectivity index (χ1) is 25.3. The second kappa shape index (κ2) is 16.9. The molecule has 3 unspecified atom stereocenters. The molecule has 0 radical (unpaired) electrons. The van der Waals surface area contributed by atoms with Gasteiger partial charge in [-0.3, -0.25) is 19.4 Å². The quantitative estimate of drug-likeness (QED) is 0.101. The molecule has 53 heavy (non-hydrogen) atoms. The molecule has 2 aliphatic rings. The van der Waals surface area contributed by atoms with Crippen molar-refractivity contribution >= 4 is 51.1 Å². The molecule has 0 aliphatic carbocycles. The lowest BCUT2D eigenvalue weighted by atomic mass is 9.84. The van der Waals surface area contributed by atoms with E-state index in [2.05, 4.69) is 22.2 Å². The summed E-state index contributed by atoms with van der Waals surface area (Å²) in [6, 6.07) is 5.85. The van der Waals surface area contributed by atoms with Crippen molar-refractivity contribution in [3.8, 4) is 0 Å². The molecule has 0 saturated heterocycles. The molecule has 3 aromatic heterocycles. The standard InChI is InChI=1S/C40H51N5O8/c1-9-25-20(2)28-19-33-36(24(6)46)22(4)30(43-33)17-29-21(3)26(10-11-34(47)48)38(44-29)27(16-35(49)52-8)39-37(23(5)31(45-39)18-32(25)42-28)40(50)41-12-13-53-15-14-51-7/h17-19,21,24,26,42-43,46H,9-16H2,1-8H3,(H,41,50)(H,47,48). The summed E-state index contributed by atoms with van der Waals surface area (Å²) in [5.41, 5.74) is 10.2. The van der Waals surface area contributed by atoms with Crippen molar-refractivity contribution in [2.45, 2.75) is 85.2 Å². The predicted octanol–water partition coefficient (Wildman–Crippen LogP) is 5.72. The first kappa shape index (κ1) is 39.4. The van der Waals surface area contributed by atoms with Crippen molar-refractivity contribution in [3.05, 3.63) is 68.8 Å². The third kappa shape index (κ3) is 8.22. The fourth-order valence-corrected chi connectivity index (χ4v) is 7.45. The SMILES string of the molecule is CCc1c(C)c2cc3[nH]c(cc4nc(c(CC(=O)OC)c5nc(cc1[nH]2)C(C)=C5C(=O)NCCOCCOC)C(CCC(=O)O)C4C)c(C)c3C(C)O. The number of hydrogen-bond acceptors (Lipinski definition) is 9. The van der Waals surface area contributed by atoms with E-state index in [-0.39, 0.29) is 38.3 Å². The molecule has 8 bridgehead atoms. The number of carbonyl (C=O) groups excluding carboxylic acids is 2. The molecule has 5 N–H and O–H groups in total. The Hall–Kier alpha value is -4.85. The number of fused-ring (bicyclic) bond motifs is 8. The largest absolute Gasteiger partial charge is 0.481 e. The van der Waals surface area contributed by atoms with Crippen LogP contribution in [0, 0.1) is 13.8 Å². The molecule has 5 heterocycles. The molecular weight excluding hydrogens is 678 g/mol. The van der Waals surface area contributed by atoms with Crippen LogP contribution in [-0.4, -0.2) is 88.6 Å². The number of ether oxygens (including phenoxy) is 3. The summed E-state index contributed by atoms with van der Waals surface area (Å²) < 4.78 is 15.8. The molecule has 13 heteroatoms. The van der Waals surface area contributed by atoms with Gasteiger partial charge < -0.3 is 39.7 Å². The van der Waals surface area contributed by atoms with E-state index in [0.717, 1.165) is 50.7 Å². The van der Waals surface area contributed by atoms with Crippen LogP contribution in [0.15, 0.2) is 18.2 Å². The minimum absolute atomic E-state index is 0.128. The van der Waals surface area contributed by atoms with Crippen molar-refractivity contribution in [1.29, 1.82) is 0 Å². The Morgan fingerprint density at radius 2 is 1.66 bits per heavy atom. The molecule has 0 spiro atoms. The highest BCUT2D eigenvalue weighted by molar-refractivity contribution is 6.27. The first-order valence-corrected chi connectivity index (χ1v) is 18.1. The number of carbonyl (C=O) groups is 3. The maximum absolute atomic E-state index is 14.1. The fourth-order valence-electron chi connectivity index (χ4n) is 7.45. The van der Waals surface area contributed by atoms with Crippen LogP contribution in [-0.2, 0) is 41.4 Å². The molecule has 13 nitrogen and oxygen atoms in total. The van der Waals surface area contributed by atoms with Gasteiger partial charge in [-0.1, -0.05) is 13.8 Å². The number of aryl methyl sites for hydroxylation is 3. The highest BCUT2D eigenvalue weighted by atomic mass is 16.5. The van der Waals surface area contributed by atoms with Gasteiger partial charge in [-0.25, -0.2) is 4.98 Å². The molecule has 0 aromatic carbocycles. The Bertz CT molecular complexity index is 2090. The Morgan fingerprint density at radius 3 is 2.32 bits per heavy atom. The van der Waals surface area contributed by atoms with Gasteiger partial charge in [-0.05, 0) is 81.0 Å². The normalized spacial score (nSPS) is 16.2. The number of nitrogens with zero attached hydrogens (tertiary/aromatic N) is 2. The number of aromatic nitrogens is 4. The Morgan fingerprint density at radius 1 is 0.943 bits per heavy atom. The van der Waals surface area contributed by atoms with Crippen LogP contribution in [0.2, 0.25) is 0 Å². The minimum atomic E-state index is -0.956. The highest BCUT2D eigenvalue weighted by Crippen LogP contribution is 2.44. The van der Waals surface area contributed by atoms with Crippen molar-refractivity contribution in [3.63, 3.8) is 0 Å². The van der Waals surface area contributed by atoms with Gasteiger partial charge in [-0.15, -0.1) is 0 Å². The second-order valence-corrected chi connectivity index (χ2v) is 13.7. The van der Waals surface area contributed by atoms with Crippen molar-refractivity contribution in [1.82, 2.24) is 25.3 Å². The molecular formula is C40H51N5O8. The number of nitrogens with one attached hydrogen (secondary N) is 3. The number of methoxy groups -OCH3 is 2. The molecule has 0 saturated carbocycles. The Labute approximate surface area is 309 Å². The third-order valence-electron chi connectivity index (χ3n) is 10.4. The molecule has 1 amide bonds. The number of allylic oxidation sites excluding steroid dienone is 1. The van der Waals surface area contributed by atoms with Gasteiger partial charge >= 0.3 is 11.9 Å². The van der Waals surface area contributed by atoms with Gasteiger partial charge in [0.2, 0.25) is 0 Å². The third-order valence-corrected chi connectivity index (χ3v) is 10.4. The summed E-state index contributed by atoms with van der Waals surface area (Å²) in [5, 5.41) is 23.6. The molecule has 284 valence electrons.